The number of urea groups is 1. The average molecular weight is 288 g/mol. The molecule has 21 heavy (non-hydrogen) atoms. The molecule has 2 amide bonds. The molecule has 0 spiro atoms. The predicted octanol–water partition coefficient (Wildman–Crippen LogP) is 4.07. The minimum Gasteiger partial charge on any atom is -0.314 e. The second-order valence-corrected chi connectivity index (χ2v) is 4.41. The van der Waals surface area contributed by atoms with Crippen LogP contribution in [-0.2, 0) is 0 Å². The van der Waals surface area contributed by atoms with Gasteiger partial charge in [-0.25, -0.2) is 13.6 Å². The summed E-state index contributed by atoms with van der Waals surface area (Å²) in [6.07, 6.45) is 3.19. The molecule has 0 atom stereocenters. The highest BCUT2D eigenvalue weighted by Crippen LogP contribution is 2.14. The molecule has 2 rings (SSSR count). The first-order valence-corrected chi connectivity index (χ1v) is 6.31. The molecule has 0 saturated heterocycles. The van der Waals surface area contributed by atoms with Crippen LogP contribution in [0, 0.1) is 18.6 Å². The average Bonchev–Trinajstić information content (AvgIpc) is 2.44. The first kappa shape index (κ1) is 14.7. The monoisotopic (exact) mass is 288 g/mol. The summed E-state index contributed by atoms with van der Waals surface area (Å²) < 4.78 is 26.1. The van der Waals surface area contributed by atoms with Crippen molar-refractivity contribution in [3.05, 3.63) is 71.4 Å². The van der Waals surface area contributed by atoms with Crippen LogP contribution in [0.2, 0.25) is 0 Å². The maximum absolute atomic E-state index is 13.4. The smallest absolute Gasteiger partial charge is 0.314 e. The quantitative estimate of drug-likeness (QED) is 0.878. The summed E-state index contributed by atoms with van der Waals surface area (Å²) in [4.78, 5) is 11.6. The molecule has 2 aromatic carbocycles. The second-order valence-electron chi connectivity index (χ2n) is 4.41. The fourth-order valence-corrected chi connectivity index (χ4v) is 1.73. The molecule has 2 aromatic rings. The summed E-state index contributed by atoms with van der Waals surface area (Å²) in [7, 11) is 0. The van der Waals surface area contributed by atoms with Crippen LogP contribution in [0.4, 0.5) is 19.3 Å². The van der Waals surface area contributed by atoms with Crippen LogP contribution in [0.3, 0.4) is 0 Å². The zero-order valence-electron chi connectivity index (χ0n) is 11.4. The van der Waals surface area contributed by atoms with Crippen molar-refractivity contribution < 1.29 is 13.6 Å². The molecule has 0 heterocycles. The van der Waals surface area contributed by atoms with Crippen molar-refractivity contribution in [1.29, 1.82) is 0 Å². The molecule has 0 radical (unpaired) electrons. The number of aryl methyl sites for hydroxylation is 1. The molecule has 2 N–H and O–H groups in total. The number of carbonyl (C=O) groups excluding carboxylic acids is 1. The van der Waals surface area contributed by atoms with Gasteiger partial charge in [0, 0.05) is 12.3 Å². The lowest BCUT2D eigenvalue weighted by Crippen LogP contribution is -2.24. The van der Waals surface area contributed by atoms with Gasteiger partial charge >= 0.3 is 6.03 Å². The van der Waals surface area contributed by atoms with Crippen molar-refractivity contribution in [3.8, 4) is 0 Å². The first-order chi connectivity index (χ1) is 10.1. The minimum atomic E-state index is -0.826. The van der Waals surface area contributed by atoms with Crippen molar-refractivity contribution >= 4 is 17.8 Å². The van der Waals surface area contributed by atoms with Crippen molar-refractivity contribution in [1.82, 2.24) is 5.32 Å². The third kappa shape index (κ3) is 4.14. The highest BCUT2D eigenvalue weighted by Gasteiger charge is 2.06. The van der Waals surface area contributed by atoms with E-state index in [0.717, 1.165) is 23.3 Å². The maximum atomic E-state index is 13.4. The number of anilines is 1. The van der Waals surface area contributed by atoms with Gasteiger partial charge in [-0.05, 0) is 36.3 Å². The van der Waals surface area contributed by atoms with E-state index >= 15 is 0 Å². The molecule has 108 valence electrons. The molecule has 0 aliphatic carbocycles. The van der Waals surface area contributed by atoms with Gasteiger partial charge in [-0.15, -0.1) is 0 Å². The molecule has 0 fully saturated rings. The molecule has 0 aliphatic rings. The Bertz CT molecular complexity index is 684. The first-order valence-electron chi connectivity index (χ1n) is 6.31. The Morgan fingerprint density at radius 2 is 1.90 bits per heavy atom. The molecule has 0 bridgehead atoms. The Labute approximate surface area is 121 Å². The maximum Gasteiger partial charge on any atom is 0.323 e. The van der Waals surface area contributed by atoms with E-state index in [1.807, 2.05) is 31.2 Å². The highest BCUT2D eigenvalue weighted by atomic mass is 19.1. The summed E-state index contributed by atoms with van der Waals surface area (Å²) in [5.74, 6) is -1.52. The Morgan fingerprint density at radius 1 is 1.14 bits per heavy atom. The van der Waals surface area contributed by atoms with Crippen LogP contribution in [0.5, 0.6) is 0 Å². The number of hydrogen-bond acceptors (Lipinski definition) is 1. The lowest BCUT2D eigenvalue weighted by atomic mass is 10.1. The zero-order valence-corrected chi connectivity index (χ0v) is 11.4. The molecule has 0 aliphatic heterocycles. The van der Waals surface area contributed by atoms with Crippen molar-refractivity contribution in [2.45, 2.75) is 6.92 Å². The van der Waals surface area contributed by atoms with Gasteiger partial charge in [-0.3, -0.25) is 0 Å². The van der Waals surface area contributed by atoms with E-state index in [0.29, 0.717) is 6.07 Å². The van der Waals surface area contributed by atoms with Crippen LogP contribution in [0.1, 0.15) is 11.1 Å². The van der Waals surface area contributed by atoms with E-state index in [1.165, 1.54) is 6.20 Å². The Kier molecular flexibility index (Phi) is 4.66. The van der Waals surface area contributed by atoms with Gasteiger partial charge in [0.25, 0.3) is 0 Å². The fraction of sp³-hybridized carbons (Fsp3) is 0.0625. The van der Waals surface area contributed by atoms with Crippen LogP contribution < -0.4 is 10.6 Å². The zero-order chi connectivity index (χ0) is 15.2. The van der Waals surface area contributed by atoms with Crippen LogP contribution in [0.15, 0.2) is 48.7 Å². The number of benzene rings is 2. The molecular formula is C16H14F2N2O. The second kappa shape index (κ2) is 6.65. The van der Waals surface area contributed by atoms with E-state index < -0.39 is 17.7 Å². The molecule has 0 saturated carbocycles. The van der Waals surface area contributed by atoms with Crippen LogP contribution in [-0.4, -0.2) is 6.03 Å². The third-order valence-corrected chi connectivity index (χ3v) is 2.85. The highest BCUT2D eigenvalue weighted by molar-refractivity contribution is 5.90. The van der Waals surface area contributed by atoms with Crippen LogP contribution in [0.25, 0.3) is 6.08 Å². The lowest BCUT2D eigenvalue weighted by molar-refractivity contribution is 0.255. The normalized spacial score (nSPS) is 10.6. The number of nitrogens with one attached hydrogen (secondary N) is 2. The Hall–Kier alpha value is -2.69. The summed E-state index contributed by atoms with van der Waals surface area (Å²) >= 11 is 0. The van der Waals surface area contributed by atoms with E-state index in [4.69, 9.17) is 0 Å². The SMILES string of the molecule is Cc1ccccc1/C=C/NC(=O)Nc1ccc(F)cc1F. The number of halogens is 2. The van der Waals surface area contributed by atoms with Gasteiger partial charge in [0.05, 0.1) is 5.69 Å². The largest absolute Gasteiger partial charge is 0.323 e. The van der Waals surface area contributed by atoms with E-state index in [1.54, 1.807) is 6.08 Å². The van der Waals surface area contributed by atoms with E-state index in [-0.39, 0.29) is 5.69 Å². The topological polar surface area (TPSA) is 41.1 Å². The molecule has 5 heteroatoms. The fourth-order valence-electron chi connectivity index (χ4n) is 1.73. The molecule has 0 aromatic heterocycles. The van der Waals surface area contributed by atoms with Gasteiger partial charge in [-0.2, -0.15) is 0 Å². The summed E-state index contributed by atoms with van der Waals surface area (Å²) in [5.41, 5.74) is 1.95. The number of hydrogen-bond donors (Lipinski definition) is 2. The van der Waals surface area contributed by atoms with Crippen molar-refractivity contribution in [3.63, 3.8) is 0 Å². The third-order valence-electron chi connectivity index (χ3n) is 2.85. The molecule has 0 unspecified atom stereocenters. The Morgan fingerprint density at radius 3 is 2.62 bits per heavy atom. The van der Waals surface area contributed by atoms with Crippen molar-refractivity contribution in [2.75, 3.05) is 5.32 Å². The lowest BCUT2D eigenvalue weighted by Gasteiger charge is -2.06. The summed E-state index contributed by atoms with van der Waals surface area (Å²) in [6.45, 7) is 1.95. The standard InChI is InChI=1S/C16H14F2N2O/c1-11-4-2-3-5-12(11)8-9-19-16(21)20-15-7-6-13(17)10-14(15)18/h2-10H,1H3,(H2,19,20,21)/b9-8+. The summed E-state index contributed by atoms with van der Waals surface area (Å²) in [5, 5.41) is 4.75. The van der Waals surface area contributed by atoms with Gasteiger partial charge in [0.2, 0.25) is 0 Å². The Balaban J connectivity index is 1.95. The number of rotatable bonds is 3. The van der Waals surface area contributed by atoms with Gasteiger partial charge in [0.1, 0.15) is 11.6 Å². The predicted molar refractivity (Wildman–Crippen MR) is 78.7 cm³/mol. The van der Waals surface area contributed by atoms with Crippen LogP contribution >= 0.6 is 0 Å². The van der Waals surface area contributed by atoms with Gasteiger partial charge in [-0.1, -0.05) is 24.3 Å². The van der Waals surface area contributed by atoms with Gasteiger partial charge in [0.15, 0.2) is 0 Å². The van der Waals surface area contributed by atoms with Crippen molar-refractivity contribution in [2.24, 2.45) is 0 Å². The van der Waals surface area contributed by atoms with E-state index in [9.17, 15) is 13.6 Å². The minimum absolute atomic E-state index is 0.0850. The number of amides is 2. The van der Waals surface area contributed by atoms with Gasteiger partial charge < -0.3 is 10.6 Å². The van der Waals surface area contributed by atoms with E-state index in [2.05, 4.69) is 10.6 Å². The molecular weight excluding hydrogens is 274 g/mol. The molecule has 3 nitrogen and oxygen atoms in total. The summed E-state index contributed by atoms with van der Waals surface area (Å²) in [6, 6.07) is 10.0. The number of carbonyl (C=O) groups is 1.